The third-order valence-corrected chi connectivity index (χ3v) is 4.24. The molecule has 136 valence electrons. The zero-order chi connectivity index (χ0) is 20.5. The lowest BCUT2D eigenvalue weighted by Gasteiger charge is -2.20. The van der Waals surface area contributed by atoms with E-state index in [4.69, 9.17) is 19.7 Å². The average molecular weight is 371 g/mol. The van der Waals surface area contributed by atoms with Crippen molar-refractivity contribution in [2.24, 2.45) is 0 Å². The maximum Gasteiger partial charge on any atom is 0.343 e. The van der Waals surface area contributed by atoms with Crippen molar-refractivity contribution in [2.75, 3.05) is 0 Å². The van der Waals surface area contributed by atoms with Gasteiger partial charge in [0.25, 0.3) is 0 Å². The van der Waals surface area contributed by atoms with Crippen molar-refractivity contribution in [3.63, 3.8) is 0 Å². The monoisotopic (exact) mass is 371 g/mol. The fourth-order valence-electron chi connectivity index (χ4n) is 2.89. The van der Waals surface area contributed by atoms with Gasteiger partial charge in [0.15, 0.2) is 11.3 Å². The molecule has 2 aromatic rings. The average Bonchev–Trinajstić information content (AvgIpc) is 2.90. The molecule has 0 saturated heterocycles. The number of hydrogen-bond donors (Lipinski definition) is 1. The zero-order valence-electron chi connectivity index (χ0n) is 15.0. The van der Waals surface area contributed by atoms with Crippen LogP contribution in [0.1, 0.15) is 19.4 Å². The SMILES string of the molecule is CC1(C)OC(=C(C#N)C#N)C(C#N)=C1C=Cc1cc2ccc(O)cc2oc1=O. The molecule has 0 unspecified atom stereocenters. The van der Waals surface area contributed by atoms with Gasteiger partial charge in [-0.05, 0) is 38.1 Å². The largest absolute Gasteiger partial charge is 0.508 e. The van der Waals surface area contributed by atoms with Gasteiger partial charge in [-0.3, -0.25) is 0 Å². The molecule has 28 heavy (non-hydrogen) atoms. The minimum Gasteiger partial charge on any atom is -0.508 e. The lowest BCUT2D eigenvalue weighted by molar-refractivity contribution is 0.0954. The van der Waals surface area contributed by atoms with Crippen molar-refractivity contribution in [1.82, 2.24) is 0 Å². The summed E-state index contributed by atoms with van der Waals surface area (Å²) in [6.45, 7) is 3.38. The maximum atomic E-state index is 12.2. The third kappa shape index (κ3) is 3.11. The maximum absolute atomic E-state index is 12.2. The summed E-state index contributed by atoms with van der Waals surface area (Å²) < 4.78 is 10.9. The lowest BCUT2D eigenvalue weighted by atomic mass is 9.94. The first-order valence-corrected chi connectivity index (χ1v) is 8.14. The van der Waals surface area contributed by atoms with Crippen LogP contribution in [0.4, 0.5) is 0 Å². The quantitative estimate of drug-likeness (QED) is 0.632. The van der Waals surface area contributed by atoms with E-state index in [1.165, 1.54) is 24.3 Å². The zero-order valence-corrected chi connectivity index (χ0v) is 15.0. The van der Waals surface area contributed by atoms with Crippen LogP contribution in [0.25, 0.3) is 17.0 Å². The van der Waals surface area contributed by atoms with E-state index in [0.29, 0.717) is 11.0 Å². The second-order valence-electron chi connectivity index (χ2n) is 6.49. The molecule has 0 amide bonds. The number of hydrogen-bond acceptors (Lipinski definition) is 7. The van der Waals surface area contributed by atoms with Crippen molar-refractivity contribution in [2.45, 2.75) is 19.4 Å². The number of fused-ring (bicyclic) bond motifs is 1. The highest BCUT2D eigenvalue weighted by atomic mass is 16.5. The van der Waals surface area contributed by atoms with E-state index in [1.54, 1.807) is 38.1 Å². The Morgan fingerprint density at radius 1 is 1.14 bits per heavy atom. The van der Waals surface area contributed by atoms with E-state index >= 15 is 0 Å². The molecule has 0 saturated carbocycles. The molecule has 0 spiro atoms. The van der Waals surface area contributed by atoms with Crippen LogP contribution in [0, 0.1) is 34.0 Å². The van der Waals surface area contributed by atoms with Gasteiger partial charge in [0.05, 0.1) is 5.56 Å². The molecular weight excluding hydrogens is 358 g/mol. The summed E-state index contributed by atoms with van der Waals surface area (Å²) in [5.74, 6) is -0.0871. The van der Waals surface area contributed by atoms with Crippen molar-refractivity contribution in [3.05, 3.63) is 68.8 Å². The molecule has 1 N–H and O–H groups in total. The van der Waals surface area contributed by atoms with Gasteiger partial charge < -0.3 is 14.3 Å². The number of phenols is 1. The Morgan fingerprint density at radius 3 is 2.50 bits per heavy atom. The summed E-state index contributed by atoms with van der Waals surface area (Å²) in [6, 6.07) is 11.4. The Labute approximate surface area is 159 Å². The van der Waals surface area contributed by atoms with E-state index in [-0.39, 0.29) is 33.8 Å². The molecule has 7 nitrogen and oxygen atoms in total. The van der Waals surface area contributed by atoms with Crippen molar-refractivity contribution < 1.29 is 14.3 Å². The van der Waals surface area contributed by atoms with Gasteiger partial charge in [-0.2, -0.15) is 15.8 Å². The van der Waals surface area contributed by atoms with Crippen molar-refractivity contribution >= 4 is 17.0 Å². The summed E-state index contributed by atoms with van der Waals surface area (Å²) >= 11 is 0. The predicted molar refractivity (Wildman–Crippen MR) is 99.2 cm³/mol. The van der Waals surface area contributed by atoms with Crippen LogP contribution in [-0.2, 0) is 4.74 Å². The topological polar surface area (TPSA) is 131 Å². The number of ether oxygens (including phenoxy) is 1. The molecule has 3 rings (SSSR count). The summed E-state index contributed by atoms with van der Waals surface area (Å²) in [6.07, 6.45) is 3.02. The summed E-state index contributed by atoms with van der Waals surface area (Å²) in [5, 5.41) is 37.8. The molecule has 0 bridgehead atoms. The van der Waals surface area contributed by atoms with E-state index in [9.17, 15) is 15.2 Å². The lowest BCUT2D eigenvalue weighted by Crippen LogP contribution is -2.20. The Balaban J connectivity index is 2.14. The number of benzene rings is 1. The first-order valence-electron chi connectivity index (χ1n) is 8.14. The molecule has 7 heteroatoms. The van der Waals surface area contributed by atoms with E-state index in [2.05, 4.69) is 0 Å². The Bertz CT molecular complexity index is 1260. The highest BCUT2D eigenvalue weighted by molar-refractivity contribution is 5.80. The molecule has 1 aliphatic heterocycles. The molecule has 0 fully saturated rings. The van der Waals surface area contributed by atoms with Gasteiger partial charge in [0, 0.05) is 17.0 Å². The minimum atomic E-state index is -0.974. The molecule has 0 atom stereocenters. The Morgan fingerprint density at radius 2 is 1.86 bits per heavy atom. The van der Waals surface area contributed by atoms with E-state index in [0.717, 1.165) is 0 Å². The van der Waals surface area contributed by atoms with Crippen molar-refractivity contribution in [3.8, 4) is 24.0 Å². The number of nitrogens with zero attached hydrogens (tertiary/aromatic N) is 3. The van der Waals surface area contributed by atoms with E-state index in [1.807, 2.05) is 6.07 Å². The molecule has 2 heterocycles. The standard InChI is InChI=1S/C21H13N3O4/c1-21(2)17(16(11-24)19(28-21)14(9-22)10-23)6-4-13-7-12-3-5-15(25)8-18(12)27-20(13)26/h3-8,25H,1-2H3. The van der Waals surface area contributed by atoms with Crippen LogP contribution in [0.3, 0.4) is 0 Å². The van der Waals surface area contributed by atoms with Gasteiger partial charge in [0.2, 0.25) is 0 Å². The second kappa shape index (κ2) is 6.79. The van der Waals surface area contributed by atoms with Crippen LogP contribution in [-0.4, -0.2) is 10.7 Å². The first-order chi connectivity index (χ1) is 13.3. The van der Waals surface area contributed by atoms with Crippen LogP contribution >= 0.6 is 0 Å². The number of allylic oxidation sites excluding steroid dienone is 2. The first kappa shape index (κ1) is 18.5. The number of phenolic OH excluding ortho intramolecular Hbond substituents is 1. The third-order valence-electron chi connectivity index (χ3n) is 4.24. The molecule has 1 aromatic heterocycles. The van der Waals surface area contributed by atoms with Gasteiger partial charge >= 0.3 is 5.63 Å². The number of aromatic hydroxyl groups is 1. The van der Waals surface area contributed by atoms with E-state index < -0.39 is 11.2 Å². The summed E-state index contributed by atoms with van der Waals surface area (Å²) in [4.78, 5) is 12.2. The highest BCUT2D eigenvalue weighted by Gasteiger charge is 2.38. The summed E-state index contributed by atoms with van der Waals surface area (Å²) in [7, 11) is 0. The fraction of sp³-hybridized carbons (Fsp3) is 0.143. The van der Waals surface area contributed by atoms with Crippen LogP contribution in [0.2, 0.25) is 0 Å². The second-order valence-corrected chi connectivity index (χ2v) is 6.49. The van der Waals surface area contributed by atoms with Gasteiger partial charge in [-0.1, -0.05) is 6.08 Å². The van der Waals surface area contributed by atoms with Crippen LogP contribution < -0.4 is 5.63 Å². The predicted octanol–water partition coefficient (Wildman–Crippen LogP) is 3.44. The van der Waals surface area contributed by atoms with Crippen LogP contribution in [0.15, 0.2) is 62.0 Å². The Kier molecular flexibility index (Phi) is 4.49. The molecule has 0 radical (unpaired) electrons. The van der Waals surface area contributed by atoms with Gasteiger partial charge in [-0.25, -0.2) is 4.79 Å². The fourth-order valence-corrected chi connectivity index (χ4v) is 2.89. The van der Waals surface area contributed by atoms with Crippen LogP contribution in [0.5, 0.6) is 5.75 Å². The molecule has 1 aromatic carbocycles. The smallest absolute Gasteiger partial charge is 0.343 e. The molecule has 0 aliphatic carbocycles. The van der Waals surface area contributed by atoms with Gasteiger partial charge in [-0.15, -0.1) is 0 Å². The normalized spacial score (nSPS) is 15.2. The highest BCUT2D eigenvalue weighted by Crippen LogP contribution is 2.40. The molecule has 1 aliphatic rings. The van der Waals surface area contributed by atoms with Gasteiger partial charge in [0.1, 0.15) is 40.7 Å². The molecular formula is C21H13N3O4. The number of nitriles is 3. The summed E-state index contributed by atoms with van der Waals surface area (Å²) in [5.41, 5.74) is -0.904. The Hall–Kier alpha value is -4.28. The van der Waals surface area contributed by atoms with Crippen molar-refractivity contribution in [1.29, 1.82) is 15.8 Å². The minimum absolute atomic E-state index is 0.0160. The number of rotatable bonds is 2.